The van der Waals surface area contributed by atoms with Crippen LogP contribution in [0.5, 0.6) is 5.75 Å². The second kappa shape index (κ2) is 8.44. The number of ether oxygens (including phenoxy) is 1. The van der Waals surface area contributed by atoms with Gasteiger partial charge in [0.05, 0.1) is 29.5 Å². The minimum atomic E-state index is -4.24. The number of sulfonamides is 1. The number of benzene rings is 2. The molecule has 3 rings (SSSR count). The highest BCUT2D eigenvalue weighted by atomic mass is 32.2. The standard InChI is InChI=1S/C19H19N5O6S/c1-12-10-19(20-13(2)25)23(21-12)15-6-4-14(5-7-15)22-31(28,29)18-9-8-16(30-3)11-17(18)24(26)27/h4-11,22H,1-3H3,(H,20,25). The van der Waals surface area contributed by atoms with Crippen molar-refractivity contribution in [3.05, 3.63) is 64.3 Å². The number of hydrogen-bond donors (Lipinski definition) is 2. The van der Waals surface area contributed by atoms with E-state index in [-0.39, 0.29) is 17.3 Å². The van der Waals surface area contributed by atoms with Crippen molar-refractivity contribution in [2.75, 3.05) is 17.1 Å². The summed E-state index contributed by atoms with van der Waals surface area (Å²) in [6, 6.07) is 11.3. The zero-order chi connectivity index (χ0) is 22.8. The van der Waals surface area contributed by atoms with Crippen molar-refractivity contribution < 1.29 is 22.9 Å². The van der Waals surface area contributed by atoms with E-state index in [0.717, 1.165) is 12.1 Å². The number of aromatic nitrogens is 2. The molecule has 1 aromatic heterocycles. The summed E-state index contributed by atoms with van der Waals surface area (Å²) in [7, 11) is -2.91. The third-order valence-electron chi connectivity index (χ3n) is 4.15. The molecular formula is C19H19N5O6S. The van der Waals surface area contributed by atoms with Crippen molar-refractivity contribution in [1.82, 2.24) is 9.78 Å². The van der Waals surface area contributed by atoms with Crippen LogP contribution in [0.15, 0.2) is 53.4 Å². The average Bonchev–Trinajstić information content (AvgIpc) is 3.07. The highest BCUT2D eigenvalue weighted by Gasteiger charge is 2.26. The number of nitro benzene ring substituents is 1. The molecule has 0 spiro atoms. The first-order valence-electron chi connectivity index (χ1n) is 8.90. The Hall–Kier alpha value is -3.93. The van der Waals surface area contributed by atoms with Crippen molar-refractivity contribution in [1.29, 1.82) is 0 Å². The lowest BCUT2D eigenvalue weighted by Gasteiger charge is -2.11. The molecule has 11 nitrogen and oxygen atoms in total. The van der Waals surface area contributed by atoms with Gasteiger partial charge in [0.2, 0.25) is 5.91 Å². The van der Waals surface area contributed by atoms with E-state index in [1.165, 1.54) is 36.9 Å². The van der Waals surface area contributed by atoms with Gasteiger partial charge in [-0.2, -0.15) is 5.10 Å². The average molecular weight is 445 g/mol. The summed E-state index contributed by atoms with van der Waals surface area (Å²) in [6.45, 7) is 3.15. The van der Waals surface area contributed by atoms with Gasteiger partial charge in [-0.25, -0.2) is 13.1 Å². The molecule has 162 valence electrons. The van der Waals surface area contributed by atoms with Crippen LogP contribution in [-0.4, -0.2) is 36.1 Å². The lowest BCUT2D eigenvalue weighted by atomic mass is 10.3. The molecule has 0 unspecified atom stereocenters. The molecule has 31 heavy (non-hydrogen) atoms. The van der Waals surface area contributed by atoms with E-state index in [4.69, 9.17) is 4.74 Å². The topological polar surface area (TPSA) is 145 Å². The molecule has 0 aliphatic rings. The van der Waals surface area contributed by atoms with Gasteiger partial charge in [0, 0.05) is 18.7 Å². The molecule has 0 radical (unpaired) electrons. The lowest BCUT2D eigenvalue weighted by molar-refractivity contribution is -0.387. The van der Waals surface area contributed by atoms with Crippen molar-refractivity contribution in [3.8, 4) is 11.4 Å². The number of carbonyl (C=O) groups excluding carboxylic acids is 1. The number of nitrogens with one attached hydrogen (secondary N) is 2. The number of rotatable bonds is 7. The van der Waals surface area contributed by atoms with Gasteiger partial charge in [-0.05, 0) is 43.3 Å². The van der Waals surface area contributed by atoms with Gasteiger partial charge in [-0.1, -0.05) is 0 Å². The highest BCUT2D eigenvalue weighted by molar-refractivity contribution is 7.92. The summed E-state index contributed by atoms with van der Waals surface area (Å²) in [5.74, 6) is 0.373. The van der Waals surface area contributed by atoms with Gasteiger partial charge in [0.15, 0.2) is 4.90 Å². The molecule has 0 saturated heterocycles. The number of nitro groups is 1. The van der Waals surface area contributed by atoms with Crippen LogP contribution in [0.3, 0.4) is 0 Å². The number of anilines is 2. The molecule has 0 fully saturated rings. The summed E-state index contributed by atoms with van der Waals surface area (Å²) in [5.41, 5.74) is 0.852. The highest BCUT2D eigenvalue weighted by Crippen LogP contribution is 2.30. The van der Waals surface area contributed by atoms with Crippen molar-refractivity contribution in [2.45, 2.75) is 18.7 Å². The number of nitrogens with zero attached hydrogens (tertiary/aromatic N) is 3. The Bertz CT molecular complexity index is 1250. The smallest absolute Gasteiger partial charge is 0.293 e. The van der Waals surface area contributed by atoms with E-state index in [9.17, 15) is 23.3 Å². The van der Waals surface area contributed by atoms with Gasteiger partial charge in [-0.3, -0.25) is 19.6 Å². The molecule has 1 amide bonds. The Labute approximate surface area is 177 Å². The Kier molecular flexibility index (Phi) is 5.92. The first-order chi connectivity index (χ1) is 14.6. The number of hydrogen-bond acceptors (Lipinski definition) is 7. The molecule has 0 aliphatic carbocycles. The van der Waals surface area contributed by atoms with Gasteiger partial charge in [-0.15, -0.1) is 0 Å². The number of methoxy groups -OCH3 is 1. The van der Waals surface area contributed by atoms with Crippen LogP contribution < -0.4 is 14.8 Å². The van der Waals surface area contributed by atoms with E-state index in [0.29, 0.717) is 17.2 Å². The van der Waals surface area contributed by atoms with Crippen LogP contribution in [0.25, 0.3) is 5.69 Å². The fourth-order valence-corrected chi connectivity index (χ4v) is 4.05. The predicted octanol–water partition coefficient (Wildman–Crippen LogP) is 2.86. The number of carbonyl (C=O) groups is 1. The lowest BCUT2D eigenvalue weighted by Crippen LogP contribution is -2.15. The Morgan fingerprint density at radius 2 is 1.84 bits per heavy atom. The van der Waals surface area contributed by atoms with Gasteiger partial charge in [0.1, 0.15) is 11.6 Å². The molecule has 0 saturated carbocycles. The van der Waals surface area contributed by atoms with E-state index < -0.39 is 25.5 Å². The minimum Gasteiger partial charge on any atom is -0.497 e. The molecule has 3 aromatic rings. The first kappa shape index (κ1) is 21.8. The predicted molar refractivity (Wildman–Crippen MR) is 113 cm³/mol. The fourth-order valence-electron chi connectivity index (χ4n) is 2.84. The third-order valence-corrected chi connectivity index (χ3v) is 5.58. The maximum atomic E-state index is 12.7. The molecule has 2 N–H and O–H groups in total. The van der Waals surface area contributed by atoms with Crippen LogP contribution in [0.1, 0.15) is 12.6 Å². The van der Waals surface area contributed by atoms with Crippen molar-refractivity contribution in [2.24, 2.45) is 0 Å². The second-order valence-electron chi connectivity index (χ2n) is 6.51. The van der Waals surface area contributed by atoms with Crippen LogP contribution in [0.2, 0.25) is 0 Å². The summed E-state index contributed by atoms with van der Waals surface area (Å²) in [5, 5.41) is 18.3. The molecule has 0 atom stereocenters. The normalized spacial score (nSPS) is 11.1. The summed E-state index contributed by atoms with van der Waals surface area (Å²) < 4.78 is 34.2. The first-order valence-corrected chi connectivity index (χ1v) is 10.4. The molecule has 12 heteroatoms. The summed E-state index contributed by atoms with van der Waals surface area (Å²) in [6.07, 6.45) is 0. The molecule has 0 aliphatic heterocycles. The Morgan fingerprint density at radius 1 is 1.16 bits per heavy atom. The Morgan fingerprint density at radius 3 is 2.42 bits per heavy atom. The zero-order valence-electron chi connectivity index (χ0n) is 16.8. The second-order valence-corrected chi connectivity index (χ2v) is 8.16. The maximum absolute atomic E-state index is 12.7. The van der Waals surface area contributed by atoms with Gasteiger partial charge >= 0.3 is 0 Å². The number of aryl methyl sites for hydroxylation is 1. The monoisotopic (exact) mass is 445 g/mol. The van der Waals surface area contributed by atoms with E-state index in [1.54, 1.807) is 25.1 Å². The van der Waals surface area contributed by atoms with Gasteiger partial charge < -0.3 is 10.1 Å². The summed E-state index contributed by atoms with van der Waals surface area (Å²) in [4.78, 5) is 21.4. The van der Waals surface area contributed by atoms with Crippen LogP contribution in [0.4, 0.5) is 17.2 Å². The summed E-state index contributed by atoms with van der Waals surface area (Å²) >= 11 is 0. The van der Waals surface area contributed by atoms with Crippen molar-refractivity contribution in [3.63, 3.8) is 0 Å². The van der Waals surface area contributed by atoms with Crippen molar-refractivity contribution >= 4 is 33.1 Å². The molecular weight excluding hydrogens is 426 g/mol. The van der Waals surface area contributed by atoms with Crippen LogP contribution in [0, 0.1) is 17.0 Å². The SMILES string of the molecule is COc1ccc(S(=O)(=O)Nc2ccc(-n3nc(C)cc3NC(C)=O)cc2)c([N+](=O)[O-])c1. The zero-order valence-corrected chi connectivity index (χ0v) is 17.6. The molecule has 2 aromatic carbocycles. The van der Waals surface area contributed by atoms with Crippen LogP contribution >= 0.6 is 0 Å². The Balaban J connectivity index is 1.90. The van der Waals surface area contributed by atoms with E-state index in [1.807, 2.05) is 0 Å². The van der Waals surface area contributed by atoms with E-state index in [2.05, 4.69) is 15.1 Å². The minimum absolute atomic E-state index is 0.166. The largest absolute Gasteiger partial charge is 0.497 e. The molecule has 1 heterocycles. The maximum Gasteiger partial charge on any atom is 0.293 e. The van der Waals surface area contributed by atoms with Crippen LogP contribution in [-0.2, 0) is 14.8 Å². The van der Waals surface area contributed by atoms with Gasteiger partial charge in [0.25, 0.3) is 15.7 Å². The quantitative estimate of drug-likeness (QED) is 0.420. The third kappa shape index (κ3) is 4.80. The number of amides is 1. The molecule has 0 bridgehead atoms. The fraction of sp³-hybridized carbons (Fsp3) is 0.158. The van der Waals surface area contributed by atoms with E-state index >= 15 is 0 Å².